The first-order valence-electron chi connectivity index (χ1n) is 9.34. The van der Waals surface area contributed by atoms with E-state index in [0.29, 0.717) is 28.2 Å². The highest BCUT2D eigenvalue weighted by molar-refractivity contribution is 5.92. The Balaban J connectivity index is 1.56. The van der Waals surface area contributed by atoms with E-state index in [1.54, 1.807) is 48.5 Å². The summed E-state index contributed by atoms with van der Waals surface area (Å²) >= 11 is 0. The van der Waals surface area contributed by atoms with Crippen LogP contribution in [0.15, 0.2) is 71.3 Å². The number of ether oxygens (including phenoxy) is 1. The smallest absolute Gasteiger partial charge is 0.330 e. The number of oxazole rings is 1. The fourth-order valence-corrected chi connectivity index (χ4v) is 2.95. The molecule has 0 saturated heterocycles. The quantitative estimate of drug-likeness (QED) is 0.415. The molecule has 2 heterocycles. The lowest BCUT2D eigenvalue weighted by Crippen LogP contribution is -2.20. The second-order valence-electron chi connectivity index (χ2n) is 6.53. The zero-order valence-corrected chi connectivity index (χ0v) is 16.4. The summed E-state index contributed by atoms with van der Waals surface area (Å²) in [6, 6.07) is 16.0. The van der Waals surface area contributed by atoms with Crippen LogP contribution in [0.1, 0.15) is 22.1 Å². The fourth-order valence-electron chi connectivity index (χ4n) is 2.95. The third-order valence-electron chi connectivity index (χ3n) is 4.43. The summed E-state index contributed by atoms with van der Waals surface area (Å²) in [6.07, 6.45) is 1.48. The van der Waals surface area contributed by atoms with Crippen molar-refractivity contribution in [2.45, 2.75) is 6.04 Å². The van der Waals surface area contributed by atoms with E-state index in [4.69, 9.17) is 9.15 Å². The van der Waals surface area contributed by atoms with Gasteiger partial charge < -0.3 is 24.9 Å². The van der Waals surface area contributed by atoms with E-state index in [1.165, 1.54) is 19.3 Å². The van der Waals surface area contributed by atoms with Crippen molar-refractivity contribution in [1.29, 1.82) is 0 Å². The maximum atomic E-state index is 11.7. The van der Waals surface area contributed by atoms with Gasteiger partial charge in [0.2, 0.25) is 0 Å². The number of hydrogen-bond acceptors (Lipinski definition) is 7. The van der Waals surface area contributed by atoms with Crippen LogP contribution in [0.3, 0.4) is 0 Å². The number of aliphatic carboxylic acids is 1. The molecular formula is C22H18N4O5. The Kier molecular flexibility index (Phi) is 5.48. The SMILES string of the molecule is CNC(=O)c1cc(Oc2ccc3nc(N[C@@H](C(=O)O)c4ccccc4)oc3c2)ccn1. The monoisotopic (exact) mass is 418 g/mol. The standard InChI is InChI=1S/C22H18N4O5/c1-23-20(27)17-11-15(9-10-24-17)30-14-7-8-16-18(12-14)31-22(25-16)26-19(21(28)29)13-5-3-2-4-6-13/h2-12,19H,1H3,(H,23,27)(H,25,26)(H,28,29)/t19-/m1/s1. The molecule has 0 spiro atoms. The molecule has 1 amide bonds. The van der Waals surface area contributed by atoms with Gasteiger partial charge in [0.25, 0.3) is 11.9 Å². The number of amides is 1. The normalized spacial score (nSPS) is 11.6. The molecule has 0 aliphatic rings. The predicted octanol–water partition coefficient (Wildman–Crippen LogP) is 3.61. The summed E-state index contributed by atoms with van der Waals surface area (Å²) in [5, 5.41) is 14.9. The number of nitrogens with zero attached hydrogens (tertiary/aromatic N) is 2. The predicted molar refractivity (Wildman–Crippen MR) is 112 cm³/mol. The number of benzene rings is 2. The molecule has 2 aromatic heterocycles. The average molecular weight is 418 g/mol. The van der Waals surface area contributed by atoms with Gasteiger partial charge in [-0.15, -0.1) is 0 Å². The Hall–Kier alpha value is -4.40. The Morgan fingerprint density at radius 2 is 1.84 bits per heavy atom. The molecule has 0 saturated carbocycles. The summed E-state index contributed by atoms with van der Waals surface area (Å²) in [7, 11) is 1.52. The van der Waals surface area contributed by atoms with Crippen molar-refractivity contribution < 1.29 is 23.8 Å². The van der Waals surface area contributed by atoms with Gasteiger partial charge >= 0.3 is 5.97 Å². The number of carbonyl (C=O) groups excluding carboxylic acids is 1. The lowest BCUT2D eigenvalue weighted by atomic mass is 10.1. The van der Waals surface area contributed by atoms with E-state index in [2.05, 4.69) is 20.6 Å². The molecule has 9 nitrogen and oxygen atoms in total. The van der Waals surface area contributed by atoms with Crippen molar-refractivity contribution in [2.24, 2.45) is 0 Å². The van der Waals surface area contributed by atoms with Crippen LogP contribution in [-0.2, 0) is 4.79 Å². The van der Waals surface area contributed by atoms with Gasteiger partial charge in [0.1, 0.15) is 22.7 Å². The number of carboxylic acids is 1. The third-order valence-corrected chi connectivity index (χ3v) is 4.43. The number of carboxylic acid groups (broad SMARTS) is 1. The maximum absolute atomic E-state index is 11.7. The second kappa shape index (κ2) is 8.54. The molecule has 4 rings (SSSR count). The van der Waals surface area contributed by atoms with Crippen LogP contribution in [0.5, 0.6) is 11.5 Å². The highest BCUT2D eigenvalue weighted by Gasteiger charge is 2.22. The highest BCUT2D eigenvalue weighted by atomic mass is 16.5. The number of aromatic nitrogens is 2. The van der Waals surface area contributed by atoms with Gasteiger partial charge in [-0.2, -0.15) is 4.98 Å². The fraction of sp³-hybridized carbons (Fsp3) is 0.0909. The van der Waals surface area contributed by atoms with Gasteiger partial charge in [-0.25, -0.2) is 4.79 Å². The van der Waals surface area contributed by atoms with Gasteiger partial charge in [-0.1, -0.05) is 30.3 Å². The van der Waals surface area contributed by atoms with Gasteiger partial charge in [-0.05, 0) is 23.8 Å². The number of rotatable bonds is 7. The van der Waals surface area contributed by atoms with Crippen LogP contribution in [-0.4, -0.2) is 34.0 Å². The number of anilines is 1. The van der Waals surface area contributed by atoms with Gasteiger partial charge in [0, 0.05) is 25.4 Å². The maximum Gasteiger partial charge on any atom is 0.330 e. The number of fused-ring (bicyclic) bond motifs is 1. The largest absolute Gasteiger partial charge is 0.479 e. The molecule has 9 heteroatoms. The first kappa shape index (κ1) is 19.9. The molecular weight excluding hydrogens is 400 g/mol. The summed E-state index contributed by atoms with van der Waals surface area (Å²) in [5.41, 5.74) is 1.75. The molecule has 3 N–H and O–H groups in total. The third kappa shape index (κ3) is 4.45. The van der Waals surface area contributed by atoms with Crippen molar-refractivity contribution in [3.8, 4) is 11.5 Å². The second-order valence-corrected chi connectivity index (χ2v) is 6.53. The number of nitrogens with one attached hydrogen (secondary N) is 2. The highest BCUT2D eigenvalue weighted by Crippen LogP contribution is 2.29. The summed E-state index contributed by atoms with van der Waals surface area (Å²) < 4.78 is 11.5. The van der Waals surface area contributed by atoms with E-state index >= 15 is 0 Å². The topological polar surface area (TPSA) is 127 Å². The molecule has 0 fully saturated rings. The number of hydrogen-bond donors (Lipinski definition) is 3. The molecule has 156 valence electrons. The lowest BCUT2D eigenvalue weighted by molar-refractivity contribution is -0.138. The zero-order valence-electron chi connectivity index (χ0n) is 16.4. The Morgan fingerprint density at radius 3 is 2.58 bits per heavy atom. The lowest BCUT2D eigenvalue weighted by Gasteiger charge is -2.12. The van der Waals surface area contributed by atoms with Gasteiger partial charge in [-0.3, -0.25) is 9.78 Å². The Labute approximate surface area is 176 Å². The van der Waals surface area contributed by atoms with Crippen LogP contribution in [0.2, 0.25) is 0 Å². The first-order valence-corrected chi connectivity index (χ1v) is 9.34. The van der Waals surface area contributed by atoms with Crippen LogP contribution >= 0.6 is 0 Å². The van der Waals surface area contributed by atoms with Gasteiger partial charge in [0.05, 0.1) is 0 Å². The molecule has 0 bridgehead atoms. The minimum absolute atomic E-state index is 0.0780. The molecule has 4 aromatic rings. The molecule has 0 radical (unpaired) electrons. The minimum Gasteiger partial charge on any atom is -0.479 e. The van der Waals surface area contributed by atoms with E-state index in [9.17, 15) is 14.7 Å². The van der Waals surface area contributed by atoms with E-state index in [0.717, 1.165) is 0 Å². The van der Waals surface area contributed by atoms with Gasteiger partial charge in [0.15, 0.2) is 11.6 Å². The Bertz CT molecular complexity index is 1240. The van der Waals surface area contributed by atoms with Crippen molar-refractivity contribution in [3.63, 3.8) is 0 Å². The molecule has 31 heavy (non-hydrogen) atoms. The van der Waals surface area contributed by atoms with E-state index < -0.39 is 12.0 Å². The zero-order chi connectivity index (χ0) is 21.8. The van der Waals surface area contributed by atoms with Crippen molar-refractivity contribution in [2.75, 3.05) is 12.4 Å². The van der Waals surface area contributed by atoms with Crippen LogP contribution in [0.25, 0.3) is 11.1 Å². The summed E-state index contributed by atoms with van der Waals surface area (Å²) in [5.74, 6) is -0.483. The Morgan fingerprint density at radius 1 is 1.06 bits per heavy atom. The number of carbonyl (C=O) groups is 2. The number of pyridine rings is 1. The average Bonchev–Trinajstić information content (AvgIpc) is 3.19. The van der Waals surface area contributed by atoms with Crippen molar-refractivity contribution >= 4 is 29.0 Å². The molecule has 0 aliphatic heterocycles. The van der Waals surface area contributed by atoms with Crippen molar-refractivity contribution in [1.82, 2.24) is 15.3 Å². The van der Waals surface area contributed by atoms with E-state index in [1.807, 2.05) is 6.07 Å². The first-order chi connectivity index (χ1) is 15.0. The van der Waals surface area contributed by atoms with Crippen molar-refractivity contribution in [3.05, 3.63) is 78.1 Å². The molecule has 2 aromatic carbocycles. The minimum atomic E-state index is -1.05. The molecule has 0 aliphatic carbocycles. The molecule has 0 unspecified atom stereocenters. The summed E-state index contributed by atoms with van der Waals surface area (Å²) in [6.45, 7) is 0. The van der Waals surface area contributed by atoms with Crippen LogP contribution < -0.4 is 15.4 Å². The van der Waals surface area contributed by atoms with Crippen LogP contribution in [0, 0.1) is 0 Å². The molecule has 1 atom stereocenters. The van der Waals surface area contributed by atoms with E-state index in [-0.39, 0.29) is 17.6 Å². The summed E-state index contributed by atoms with van der Waals surface area (Å²) in [4.78, 5) is 31.7. The van der Waals surface area contributed by atoms with Crippen LogP contribution in [0.4, 0.5) is 6.01 Å².